The van der Waals surface area contributed by atoms with E-state index < -0.39 is 11.7 Å². The first-order valence-corrected chi connectivity index (χ1v) is 16.3. The predicted molar refractivity (Wildman–Crippen MR) is 184 cm³/mol. The van der Waals surface area contributed by atoms with Crippen molar-refractivity contribution in [1.82, 2.24) is 9.80 Å². The highest BCUT2D eigenvalue weighted by Gasteiger charge is 2.34. The van der Waals surface area contributed by atoms with E-state index in [-0.39, 0.29) is 35.8 Å². The van der Waals surface area contributed by atoms with Gasteiger partial charge in [-0.25, -0.2) is 0 Å². The summed E-state index contributed by atoms with van der Waals surface area (Å²) in [5, 5.41) is -0.261. The Morgan fingerprint density at radius 1 is 0.851 bits per heavy atom. The van der Waals surface area contributed by atoms with E-state index in [1.165, 1.54) is 12.5 Å². The Balaban J connectivity index is 0.00000500. The Kier molecular flexibility index (Phi) is 13.6. The van der Waals surface area contributed by atoms with Crippen LogP contribution in [0.1, 0.15) is 59.4 Å². The van der Waals surface area contributed by atoms with Crippen LogP contribution in [0.5, 0.6) is 5.75 Å². The summed E-state index contributed by atoms with van der Waals surface area (Å²) in [5.41, 5.74) is 2.78. The Labute approximate surface area is 286 Å². The molecule has 0 aromatic heterocycles. The molecule has 0 spiro atoms. The fourth-order valence-electron chi connectivity index (χ4n) is 6.08. The summed E-state index contributed by atoms with van der Waals surface area (Å²) < 4.78 is 47.2. The van der Waals surface area contributed by atoms with E-state index in [1.54, 1.807) is 6.07 Å². The highest BCUT2D eigenvalue weighted by atomic mass is 35.5. The lowest BCUT2D eigenvalue weighted by Gasteiger charge is -2.29. The number of halogens is 5. The topological polar surface area (TPSA) is 32.8 Å². The number of carbonyl (C=O) groups excluding carboxylic acids is 1. The van der Waals surface area contributed by atoms with Crippen molar-refractivity contribution in [3.8, 4) is 5.75 Å². The third-order valence-electron chi connectivity index (χ3n) is 8.47. The van der Waals surface area contributed by atoms with Gasteiger partial charge in [-0.15, -0.1) is 12.4 Å². The summed E-state index contributed by atoms with van der Waals surface area (Å²) in [5.74, 6) is 0.844. The Morgan fingerprint density at radius 2 is 1.49 bits per heavy atom. The number of likely N-dealkylation sites (tertiary alicyclic amines) is 1. The number of nitrogens with zero attached hydrogens (tertiary/aromatic N) is 2. The summed E-state index contributed by atoms with van der Waals surface area (Å²) >= 11 is 6.35. The molecule has 0 N–H and O–H groups in total. The van der Waals surface area contributed by atoms with Crippen LogP contribution in [-0.4, -0.2) is 48.5 Å². The van der Waals surface area contributed by atoms with Crippen LogP contribution in [0.4, 0.5) is 13.2 Å². The summed E-state index contributed by atoms with van der Waals surface area (Å²) in [6.45, 7) is 3.48. The van der Waals surface area contributed by atoms with Crippen molar-refractivity contribution in [3.63, 3.8) is 0 Å². The average Bonchev–Trinajstić information content (AvgIpc) is 3.07. The SMILES string of the molecule is Cl.O=C(Cc1cccc(OCCCN(Cc2cccc(C(F)(F)F)c2Cl)CC(c2ccccc2)c2ccccc2)c1)N1CCCCC1. The first kappa shape index (κ1) is 36.3. The summed E-state index contributed by atoms with van der Waals surface area (Å²) in [6.07, 6.45) is -0.245. The molecule has 1 saturated heterocycles. The lowest BCUT2D eigenvalue weighted by atomic mass is 9.90. The smallest absolute Gasteiger partial charge is 0.417 e. The van der Waals surface area contributed by atoms with Crippen LogP contribution in [0.25, 0.3) is 0 Å². The predicted octanol–water partition coefficient (Wildman–Crippen LogP) is 9.44. The first-order chi connectivity index (χ1) is 22.3. The van der Waals surface area contributed by atoms with Crippen LogP contribution in [0.2, 0.25) is 5.02 Å². The summed E-state index contributed by atoms with van der Waals surface area (Å²) in [4.78, 5) is 16.9. The van der Waals surface area contributed by atoms with Crippen LogP contribution < -0.4 is 4.74 Å². The highest BCUT2D eigenvalue weighted by Crippen LogP contribution is 2.37. The zero-order valence-electron chi connectivity index (χ0n) is 26.3. The Hall–Kier alpha value is -3.52. The van der Waals surface area contributed by atoms with E-state index in [4.69, 9.17) is 16.3 Å². The van der Waals surface area contributed by atoms with Gasteiger partial charge in [0.05, 0.1) is 23.6 Å². The zero-order valence-corrected chi connectivity index (χ0v) is 27.9. The van der Waals surface area contributed by atoms with Crippen LogP contribution in [0, 0.1) is 0 Å². The molecule has 0 atom stereocenters. The maximum Gasteiger partial charge on any atom is 0.417 e. The molecule has 1 aliphatic heterocycles. The molecular weight excluding hydrogens is 644 g/mol. The minimum atomic E-state index is -4.53. The standard InChI is InChI=1S/C38H40ClF3N2O2.ClH/c39-37-32(18-11-20-35(37)38(40,41)42)27-43(28-34(30-14-4-1-5-15-30)31-16-6-2-7-17-31)21-12-24-46-33-19-10-13-29(25-33)26-36(45)44-22-8-3-9-23-44;/h1-2,4-7,10-11,13-20,25,34H,3,8-9,12,21-24,26-28H2;1H. The molecule has 250 valence electrons. The van der Waals surface area contributed by atoms with Gasteiger partial charge >= 0.3 is 6.18 Å². The monoisotopic (exact) mass is 684 g/mol. The summed E-state index contributed by atoms with van der Waals surface area (Å²) in [7, 11) is 0. The number of ether oxygens (including phenoxy) is 1. The van der Waals surface area contributed by atoms with Gasteiger partial charge in [0.1, 0.15) is 5.75 Å². The number of benzene rings is 4. The number of alkyl halides is 3. The Bertz CT molecular complexity index is 1510. The minimum absolute atomic E-state index is 0. The average molecular weight is 686 g/mol. The summed E-state index contributed by atoms with van der Waals surface area (Å²) in [6, 6.07) is 32.0. The molecule has 47 heavy (non-hydrogen) atoms. The number of carbonyl (C=O) groups is 1. The Morgan fingerprint density at radius 3 is 2.13 bits per heavy atom. The van der Waals surface area contributed by atoms with E-state index in [9.17, 15) is 18.0 Å². The molecule has 0 unspecified atom stereocenters. The van der Waals surface area contributed by atoms with Gasteiger partial charge in [0, 0.05) is 38.6 Å². The van der Waals surface area contributed by atoms with Crippen molar-refractivity contribution < 1.29 is 22.7 Å². The largest absolute Gasteiger partial charge is 0.494 e. The van der Waals surface area contributed by atoms with Crippen molar-refractivity contribution >= 4 is 29.9 Å². The highest BCUT2D eigenvalue weighted by molar-refractivity contribution is 6.32. The molecule has 5 rings (SSSR count). The third-order valence-corrected chi connectivity index (χ3v) is 8.92. The normalized spacial score (nSPS) is 13.4. The van der Waals surface area contributed by atoms with Crippen molar-refractivity contribution in [2.45, 2.75) is 50.7 Å². The number of amides is 1. The van der Waals surface area contributed by atoms with Crippen molar-refractivity contribution in [2.24, 2.45) is 0 Å². The van der Waals surface area contributed by atoms with Crippen molar-refractivity contribution in [1.29, 1.82) is 0 Å². The lowest BCUT2D eigenvalue weighted by molar-refractivity contribution is -0.137. The maximum absolute atomic E-state index is 13.7. The van der Waals surface area contributed by atoms with E-state index >= 15 is 0 Å². The number of hydrogen-bond donors (Lipinski definition) is 0. The number of rotatable bonds is 13. The van der Waals surface area contributed by atoms with Gasteiger partial charge in [-0.3, -0.25) is 9.69 Å². The number of piperidine rings is 1. The second kappa shape index (κ2) is 17.6. The minimum Gasteiger partial charge on any atom is -0.494 e. The molecule has 4 nitrogen and oxygen atoms in total. The second-order valence-corrected chi connectivity index (χ2v) is 12.2. The molecule has 9 heteroatoms. The molecular formula is C38H41Cl2F3N2O2. The van der Waals surface area contributed by atoms with Crippen molar-refractivity contribution in [3.05, 3.63) is 136 Å². The van der Waals surface area contributed by atoms with Gasteiger partial charge in [0.15, 0.2) is 0 Å². The van der Waals surface area contributed by atoms with Gasteiger partial charge in [-0.2, -0.15) is 13.2 Å². The molecule has 4 aromatic rings. The molecule has 0 aliphatic carbocycles. The van der Waals surface area contributed by atoms with E-state index in [1.807, 2.05) is 65.6 Å². The molecule has 1 fully saturated rings. The molecule has 1 amide bonds. The van der Waals surface area contributed by atoms with Gasteiger partial charge in [0.2, 0.25) is 5.91 Å². The molecule has 1 heterocycles. The van der Waals surface area contributed by atoms with Crippen LogP contribution in [0.3, 0.4) is 0 Å². The molecule has 0 bridgehead atoms. The lowest BCUT2D eigenvalue weighted by Crippen LogP contribution is -2.36. The van der Waals surface area contributed by atoms with Gasteiger partial charge in [-0.1, -0.05) is 96.5 Å². The van der Waals surface area contributed by atoms with Crippen molar-refractivity contribution in [2.75, 3.05) is 32.8 Å². The maximum atomic E-state index is 13.7. The second-order valence-electron chi connectivity index (χ2n) is 11.9. The molecule has 0 radical (unpaired) electrons. The van der Waals surface area contributed by atoms with Crippen LogP contribution in [0.15, 0.2) is 103 Å². The molecule has 1 aliphatic rings. The van der Waals surface area contributed by atoms with Crippen LogP contribution >= 0.6 is 24.0 Å². The molecule has 0 saturated carbocycles. The third kappa shape index (κ3) is 10.5. The van der Waals surface area contributed by atoms with E-state index in [2.05, 4.69) is 29.2 Å². The van der Waals surface area contributed by atoms with Gasteiger partial charge in [0.25, 0.3) is 0 Å². The van der Waals surface area contributed by atoms with E-state index in [0.717, 1.165) is 48.7 Å². The van der Waals surface area contributed by atoms with Gasteiger partial charge in [-0.05, 0) is 66.1 Å². The first-order valence-electron chi connectivity index (χ1n) is 15.9. The fraction of sp³-hybridized carbons (Fsp3) is 0.342. The zero-order chi connectivity index (χ0) is 32.4. The fourth-order valence-corrected chi connectivity index (χ4v) is 6.37. The quantitative estimate of drug-likeness (QED) is 0.132. The number of hydrogen-bond acceptors (Lipinski definition) is 3. The molecule has 4 aromatic carbocycles. The van der Waals surface area contributed by atoms with Gasteiger partial charge < -0.3 is 9.64 Å². The van der Waals surface area contributed by atoms with Crippen LogP contribution in [-0.2, 0) is 23.9 Å². The van der Waals surface area contributed by atoms with E-state index in [0.29, 0.717) is 43.9 Å².